The third kappa shape index (κ3) is 8.15. The molecule has 0 saturated carbocycles. The number of benzene rings is 2. The predicted octanol–water partition coefficient (Wildman–Crippen LogP) is 3.68. The van der Waals surface area contributed by atoms with Crippen LogP contribution in [-0.2, 0) is 13.1 Å². The molecule has 0 radical (unpaired) electrons. The molecule has 3 aromatic rings. The van der Waals surface area contributed by atoms with Gasteiger partial charge in [-0.15, -0.1) is 24.0 Å². The predicted molar refractivity (Wildman–Crippen MR) is 128 cm³/mol. The van der Waals surface area contributed by atoms with Crippen molar-refractivity contribution >= 4 is 29.9 Å². The number of nitrogens with zero attached hydrogens (tertiary/aromatic N) is 3. The highest BCUT2D eigenvalue weighted by molar-refractivity contribution is 14.0. The van der Waals surface area contributed by atoms with Crippen molar-refractivity contribution in [2.24, 2.45) is 4.99 Å². The summed E-state index contributed by atoms with van der Waals surface area (Å²) in [4.78, 5) is 4.68. The van der Waals surface area contributed by atoms with Gasteiger partial charge in [0.2, 0.25) is 0 Å². The number of halogens is 1. The van der Waals surface area contributed by atoms with Crippen molar-refractivity contribution < 1.29 is 4.74 Å². The van der Waals surface area contributed by atoms with E-state index in [1.807, 2.05) is 47.3 Å². The number of nitrogens with one attached hydrogen (secondary N) is 2. The van der Waals surface area contributed by atoms with Gasteiger partial charge in [0.15, 0.2) is 5.96 Å². The molecule has 0 spiro atoms. The van der Waals surface area contributed by atoms with E-state index in [0.717, 1.165) is 24.8 Å². The summed E-state index contributed by atoms with van der Waals surface area (Å²) < 4.78 is 7.63. The third-order valence-electron chi connectivity index (χ3n) is 4.07. The van der Waals surface area contributed by atoms with Crippen LogP contribution >= 0.6 is 24.0 Å². The van der Waals surface area contributed by atoms with Crippen LogP contribution in [-0.4, -0.2) is 35.4 Å². The molecule has 0 atom stereocenters. The van der Waals surface area contributed by atoms with Crippen LogP contribution in [0.3, 0.4) is 0 Å². The maximum Gasteiger partial charge on any atom is 0.191 e. The Kier molecular flexibility index (Phi) is 10.1. The topological polar surface area (TPSA) is 63.5 Å². The first kappa shape index (κ1) is 22.7. The standard InChI is InChI=1S/C22H27N5O.HI/c1-2-23-22(24-13-15-28-21-10-4-3-5-11-21)25-17-19-8-6-9-20(16-19)18-27-14-7-12-26-27;/h3-12,14,16H,2,13,15,17-18H2,1H3,(H2,23,24,25);1H. The van der Waals surface area contributed by atoms with Gasteiger partial charge in [-0.3, -0.25) is 4.68 Å². The normalized spacial score (nSPS) is 10.9. The Balaban J connectivity index is 0.00000300. The van der Waals surface area contributed by atoms with E-state index in [-0.39, 0.29) is 24.0 Å². The number of aromatic nitrogens is 2. The summed E-state index contributed by atoms with van der Waals surface area (Å²) in [5.74, 6) is 1.66. The summed E-state index contributed by atoms with van der Waals surface area (Å²) in [5, 5.41) is 10.8. The Morgan fingerprint density at radius 2 is 1.86 bits per heavy atom. The molecule has 0 unspecified atom stereocenters. The molecular formula is C22H28IN5O. The number of para-hydroxylation sites is 1. The molecule has 0 amide bonds. The summed E-state index contributed by atoms with van der Waals surface area (Å²) >= 11 is 0. The molecule has 2 N–H and O–H groups in total. The Morgan fingerprint density at radius 3 is 2.62 bits per heavy atom. The van der Waals surface area contributed by atoms with Crippen LogP contribution in [0.2, 0.25) is 0 Å². The lowest BCUT2D eigenvalue weighted by Gasteiger charge is -2.12. The summed E-state index contributed by atoms with van der Waals surface area (Å²) in [6, 6.07) is 20.2. The minimum absolute atomic E-state index is 0. The molecule has 1 aromatic heterocycles. The van der Waals surface area contributed by atoms with E-state index in [0.29, 0.717) is 19.7 Å². The average molecular weight is 505 g/mol. The van der Waals surface area contributed by atoms with Crippen LogP contribution in [0.1, 0.15) is 18.1 Å². The molecule has 0 aliphatic rings. The van der Waals surface area contributed by atoms with Crippen molar-refractivity contribution in [2.45, 2.75) is 20.0 Å². The van der Waals surface area contributed by atoms with Gasteiger partial charge in [-0.05, 0) is 36.2 Å². The molecule has 6 nitrogen and oxygen atoms in total. The van der Waals surface area contributed by atoms with E-state index < -0.39 is 0 Å². The lowest BCUT2D eigenvalue weighted by Crippen LogP contribution is -2.39. The highest BCUT2D eigenvalue weighted by Gasteiger charge is 2.00. The number of rotatable bonds is 9. The van der Waals surface area contributed by atoms with E-state index in [9.17, 15) is 0 Å². The number of ether oxygens (including phenoxy) is 1. The van der Waals surface area contributed by atoms with Crippen molar-refractivity contribution in [3.63, 3.8) is 0 Å². The lowest BCUT2D eigenvalue weighted by molar-refractivity contribution is 0.322. The number of hydrogen-bond donors (Lipinski definition) is 2. The quantitative estimate of drug-likeness (QED) is 0.202. The first-order valence-corrected chi connectivity index (χ1v) is 9.59. The minimum Gasteiger partial charge on any atom is -0.492 e. The molecule has 3 rings (SSSR count). The Morgan fingerprint density at radius 1 is 1.03 bits per heavy atom. The van der Waals surface area contributed by atoms with Gasteiger partial charge in [0.05, 0.1) is 19.6 Å². The Labute approximate surface area is 189 Å². The monoisotopic (exact) mass is 505 g/mol. The molecular weight excluding hydrogens is 477 g/mol. The third-order valence-corrected chi connectivity index (χ3v) is 4.07. The van der Waals surface area contributed by atoms with Crippen LogP contribution in [0, 0.1) is 0 Å². The van der Waals surface area contributed by atoms with Crippen LogP contribution < -0.4 is 15.4 Å². The van der Waals surface area contributed by atoms with Crippen molar-refractivity contribution in [1.82, 2.24) is 20.4 Å². The average Bonchev–Trinajstić information content (AvgIpc) is 3.23. The maximum absolute atomic E-state index is 5.71. The molecule has 0 aliphatic heterocycles. The molecule has 29 heavy (non-hydrogen) atoms. The molecule has 0 bridgehead atoms. The highest BCUT2D eigenvalue weighted by Crippen LogP contribution is 2.09. The molecule has 0 aliphatic carbocycles. The zero-order chi connectivity index (χ0) is 19.4. The largest absolute Gasteiger partial charge is 0.492 e. The fraction of sp³-hybridized carbons (Fsp3) is 0.273. The first-order chi connectivity index (χ1) is 13.8. The smallest absolute Gasteiger partial charge is 0.191 e. The number of guanidine groups is 1. The molecule has 7 heteroatoms. The maximum atomic E-state index is 5.71. The number of aliphatic imine (C=N–C) groups is 1. The van der Waals surface area contributed by atoms with Gasteiger partial charge in [-0.25, -0.2) is 4.99 Å². The number of hydrogen-bond acceptors (Lipinski definition) is 3. The van der Waals surface area contributed by atoms with E-state index in [1.165, 1.54) is 11.1 Å². The fourth-order valence-electron chi connectivity index (χ4n) is 2.77. The summed E-state index contributed by atoms with van der Waals surface area (Å²) in [6.45, 7) is 5.50. The van der Waals surface area contributed by atoms with Gasteiger partial charge in [0.25, 0.3) is 0 Å². The van der Waals surface area contributed by atoms with Crippen LogP contribution in [0.25, 0.3) is 0 Å². The summed E-state index contributed by atoms with van der Waals surface area (Å²) in [7, 11) is 0. The van der Waals surface area contributed by atoms with Crippen LogP contribution in [0.4, 0.5) is 0 Å². The Bertz CT molecular complexity index is 853. The SMILES string of the molecule is CCNC(=NCc1cccc(Cn2cccn2)c1)NCCOc1ccccc1.I. The van der Waals surface area contributed by atoms with Crippen molar-refractivity contribution in [3.8, 4) is 5.75 Å². The molecule has 2 aromatic carbocycles. The van der Waals surface area contributed by atoms with Crippen LogP contribution in [0.5, 0.6) is 5.75 Å². The van der Waals surface area contributed by atoms with Crippen molar-refractivity contribution in [1.29, 1.82) is 0 Å². The molecule has 154 valence electrons. The highest BCUT2D eigenvalue weighted by atomic mass is 127. The minimum atomic E-state index is 0. The molecule has 0 fully saturated rings. The van der Waals surface area contributed by atoms with Crippen LogP contribution in [0.15, 0.2) is 78.0 Å². The molecule has 0 saturated heterocycles. The van der Waals surface area contributed by atoms with E-state index in [4.69, 9.17) is 4.74 Å². The first-order valence-electron chi connectivity index (χ1n) is 9.59. The fourth-order valence-corrected chi connectivity index (χ4v) is 2.77. The Hall–Kier alpha value is -2.55. The zero-order valence-electron chi connectivity index (χ0n) is 16.6. The second-order valence-corrected chi connectivity index (χ2v) is 6.31. The van der Waals surface area contributed by atoms with Gasteiger partial charge in [-0.1, -0.05) is 42.5 Å². The van der Waals surface area contributed by atoms with E-state index >= 15 is 0 Å². The summed E-state index contributed by atoms with van der Waals surface area (Å²) in [6.07, 6.45) is 3.76. The van der Waals surface area contributed by atoms with Crippen molar-refractivity contribution in [2.75, 3.05) is 19.7 Å². The van der Waals surface area contributed by atoms with E-state index in [1.54, 1.807) is 6.20 Å². The van der Waals surface area contributed by atoms with Gasteiger partial charge in [0.1, 0.15) is 12.4 Å². The lowest BCUT2D eigenvalue weighted by atomic mass is 10.1. The van der Waals surface area contributed by atoms with Gasteiger partial charge < -0.3 is 15.4 Å². The second kappa shape index (κ2) is 12.8. The van der Waals surface area contributed by atoms with Crippen molar-refractivity contribution in [3.05, 3.63) is 84.2 Å². The zero-order valence-corrected chi connectivity index (χ0v) is 19.0. The van der Waals surface area contributed by atoms with E-state index in [2.05, 4.69) is 51.9 Å². The van der Waals surface area contributed by atoms with Gasteiger partial charge >= 0.3 is 0 Å². The molecule has 1 heterocycles. The van der Waals surface area contributed by atoms with Gasteiger partial charge in [0, 0.05) is 18.9 Å². The second-order valence-electron chi connectivity index (χ2n) is 6.31. The van der Waals surface area contributed by atoms with Gasteiger partial charge in [-0.2, -0.15) is 5.10 Å². The summed E-state index contributed by atoms with van der Waals surface area (Å²) in [5.41, 5.74) is 2.38.